The first-order valence-corrected chi connectivity index (χ1v) is 16.3. The monoisotopic (exact) mass is 685 g/mol. The van der Waals surface area contributed by atoms with Crippen molar-refractivity contribution >= 4 is 6.09 Å². The molecule has 1 aromatic carbocycles. The summed E-state index contributed by atoms with van der Waals surface area (Å²) in [6.07, 6.45) is -1.20. The Kier molecular flexibility index (Phi) is 10.4. The summed E-state index contributed by atoms with van der Waals surface area (Å²) < 4.78 is 66.2. The van der Waals surface area contributed by atoms with Gasteiger partial charge in [-0.25, -0.2) is 18.0 Å². The molecular formula is C34H42F3N7O5. The fourth-order valence-electron chi connectivity index (χ4n) is 6.24. The van der Waals surface area contributed by atoms with Gasteiger partial charge in [0.25, 0.3) is 0 Å². The molecule has 5 atom stereocenters. The van der Waals surface area contributed by atoms with E-state index >= 15 is 0 Å². The predicted molar refractivity (Wildman–Crippen MR) is 170 cm³/mol. The predicted octanol–water partition coefficient (Wildman–Crippen LogP) is 6.00. The smallest absolute Gasteiger partial charge is 0.410 e. The van der Waals surface area contributed by atoms with Crippen LogP contribution in [0.1, 0.15) is 78.7 Å². The van der Waals surface area contributed by atoms with Gasteiger partial charge in [0.05, 0.1) is 30.0 Å². The molecule has 0 radical (unpaired) electrons. The van der Waals surface area contributed by atoms with Crippen molar-refractivity contribution in [1.82, 2.24) is 29.9 Å². The summed E-state index contributed by atoms with van der Waals surface area (Å²) in [6, 6.07) is 6.27. The molecule has 2 saturated heterocycles. The lowest BCUT2D eigenvalue weighted by atomic mass is 9.84. The summed E-state index contributed by atoms with van der Waals surface area (Å²) in [5, 5.41) is 13.6. The molecule has 0 saturated carbocycles. The van der Waals surface area contributed by atoms with E-state index in [1.807, 2.05) is 18.9 Å². The van der Waals surface area contributed by atoms with Gasteiger partial charge in [0.1, 0.15) is 35.6 Å². The highest BCUT2D eigenvalue weighted by atomic mass is 19.1. The van der Waals surface area contributed by atoms with Crippen LogP contribution in [0.2, 0.25) is 0 Å². The lowest BCUT2D eigenvalue weighted by Crippen LogP contribution is -2.50. The van der Waals surface area contributed by atoms with Crippen LogP contribution in [0.3, 0.4) is 0 Å². The van der Waals surface area contributed by atoms with Crippen molar-refractivity contribution in [2.75, 3.05) is 20.1 Å². The van der Waals surface area contributed by atoms with E-state index in [0.29, 0.717) is 32.4 Å². The van der Waals surface area contributed by atoms with Crippen molar-refractivity contribution in [2.24, 2.45) is 0 Å². The van der Waals surface area contributed by atoms with Crippen LogP contribution < -0.4 is 9.47 Å². The van der Waals surface area contributed by atoms with Crippen molar-refractivity contribution in [3.05, 3.63) is 47.4 Å². The van der Waals surface area contributed by atoms with Gasteiger partial charge in [-0.15, -0.1) is 0 Å². The van der Waals surface area contributed by atoms with Gasteiger partial charge < -0.3 is 23.6 Å². The average molecular weight is 686 g/mol. The number of benzene rings is 1. The maximum absolute atomic E-state index is 14.7. The molecule has 264 valence electrons. The van der Waals surface area contributed by atoms with Gasteiger partial charge in [-0.05, 0) is 61.1 Å². The number of likely N-dealkylation sites (tertiary alicyclic amines) is 2. The Labute approximate surface area is 283 Å². The third-order valence-corrected chi connectivity index (χ3v) is 8.75. The zero-order valence-corrected chi connectivity index (χ0v) is 28.7. The Morgan fingerprint density at radius 2 is 1.84 bits per heavy atom. The third kappa shape index (κ3) is 8.41. The van der Waals surface area contributed by atoms with Crippen molar-refractivity contribution in [3.63, 3.8) is 0 Å². The van der Waals surface area contributed by atoms with Crippen LogP contribution in [0.5, 0.6) is 11.8 Å². The molecular weight excluding hydrogens is 643 g/mol. The molecule has 0 unspecified atom stereocenters. The molecule has 5 rings (SSSR count). The van der Waals surface area contributed by atoms with Gasteiger partial charge in [-0.1, -0.05) is 11.2 Å². The zero-order chi connectivity index (χ0) is 35.7. The summed E-state index contributed by atoms with van der Waals surface area (Å²) in [6.45, 7) is 11.1. The Balaban J connectivity index is 1.43. The number of hydrogen-bond donors (Lipinski definition) is 0. The van der Waals surface area contributed by atoms with Gasteiger partial charge in [-0.2, -0.15) is 20.2 Å². The molecule has 12 nitrogen and oxygen atoms in total. The maximum atomic E-state index is 14.7. The molecule has 2 aliphatic heterocycles. The second-order valence-electron chi connectivity index (χ2n) is 14.2. The molecule has 0 spiro atoms. The van der Waals surface area contributed by atoms with E-state index < -0.39 is 53.2 Å². The number of carbonyl (C=O) groups is 1. The number of carbonyl (C=O) groups excluding carboxylic acids is 1. The van der Waals surface area contributed by atoms with E-state index in [4.69, 9.17) is 18.7 Å². The first kappa shape index (κ1) is 35.8. The van der Waals surface area contributed by atoms with Gasteiger partial charge >= 0.3 is 6.09 Å². The Morgan fingerprint density at radius 1 is 1.10 bits per heavy atom. The van der Waals surface area contributed by atoms with Crippen LogP contribution in [0.4, 0.5) is 18.0 Å². The van der Waals surface area contributed by atoms with Gasteiger partial charge in [-0.3, -0.25) is 4.90 Å². The molecule has 3 aromatic rings. The molecule has 15 heteroatoms. The highest BCUT2D eigenvalue weighted by Crippen LogP contribution is 2.34. The summed E-state index contributed by atoms with van der Waals surface area (Å²) in [5.41, 5.74) is -1.68. The number of nitrogens with zero attached hydrogens (tertiary/aromatic N) is 7. The number of nitriles is 1. The number of rotatable bonds is 9. The summed E-state index contributed by atoms with van der Waals surface area (Å²) in [4.78, 5) is 29.9. The second-order valence-corrected chi connectivity index (χ2v) is 14.2. The lowest BCUT2D eigenvalue weighted by molar-refractivity contribution is -0.00382. The number of halogens is 3. The Bertz CT molecular complexity index is 1690. The van der Waals surface area contributed by atoms with Crippen LogP contribution in [-0.4, -0.2) is 92.2 Å². The van der Waals surface area contributed by atoms with Crippen LogP contribution >= 0.6 is 0 Å². The molecule has 2 aliphatic rings. The van der Waals surface area contributed by atoms with E-state index in [1.54, 1.807) is 39.5 Å². The van der Waals surface area contributed by atoms with E-state index in [9.17, 15) is 23.2 Å². The fraction of sp³-hybridized carbons (Fsp3) is 0.588. The summed E-state index contributed by atoms with van der Waals surface area (Å²) in [5.74, 6) is -1.23. The fourth-order valence-corrected chi connectivity index (χ4v) is 6.24. The summed E-state index contributed by atoms with van der Waals surface area (Å²) in [7, 11) is 1.83. The van der Waals surface area contributed by atoms with E-state index in [0.717, 1.165) is 12.1 Å². The van der Waals surface area contributed by atoms with Crippen LogP contribution in [0, 0.1) is 23.0 Å². The highest BCUT2D eigenvalue weighted by molar-refractivity contribution is 5.68. The molecule has 4 heterocycles. The van der Waals surface area contributed by atoms with Gasteiger partial charge in [0, 0.05) is 43.6 Å². The SMILES string of the molecule is C[C@H](Oc1cc(O[C@H]2CCN(C(=O)OC(C)(C)C)[C@H](CC#N)C2)nc(-c2noc(C(C)(C)c3ccc(F)cc3F)n2)n1)[C@@H]1C[C@@H](F)CN1C. The molecule has 0 N–H and O–H groups in total. The van der Waals surface area contributed by atoms with Crippen LogP contribution in [0.25, 0.3) is 11.6 Å². The minimum atomic E-state index is -1.14. The number of hydrogen-bond acceptors (Lipinski definition) is 11. The molecule has 2 fully saturated rings. The van der Waals surface area contributed by atoms with Crippen molar-refractivity contribution < 1.29 is 36.7 Å². The summed E-state index contributed by atoms with van der Waals surface area (Å²) >= 11 is 0. The Morgan fingerprint density at radius 3 is 2.49 bits per heavy atom. The zero-order valence-electron chi connectivity index (χ0n) is 28.7. The Hall–Kier alpha value is -4.45. The largest absolute Gasteiger partial charge is 0.474 e. The molecule has 1 amide bonds. The number of ether oxygens (including phenoxy) is 3. The van der Waals surface area contributed by atoms with E-state index in [-0.39, 0.29) is 47.3 Å². The topological polar surface area (TPSA) is 140 Å². The van der Waals surface area contributed by atoms with Crippen molar-refractivity contribution in [3.8, 4) is 29.5 Å². The number of likely N-dealkylation sites (N-methyl/N-ethyl adjacent to an activating group) is 1. The molecule has 49 heavy (non-hydrogen) atoms. The minimum absolute atomic E-state index is 0.00649. The van der Waals surface area contributed by atoms with Crippen molar-refractivity contribution in [1.29, 1.82) is 5.26 Å². The van der Waals surface area contributed by atoms with E-state index in [2.05, 4.69) is 26.2 Å². The number of alkyl halides is 1. The second kappa shape index (κ2) is 14.2. The quantitative estimate of drug-likeness (QED) is 0.262. The number of aromatic nitrogens is 4. The van der Waals surface area contributed by atoms with Gasteiger partial charge in [0.2, 0.25) is 29.3 Å². The first-order valence-electron chi connectivity index (χ1n) is 16.3. The van der Waals surface area contributed by atoms with Crippen LogP contribution in [-0.2, 0) is 10.2 Å². The maximum Gasteiger partial charge on any atom is 0.410 e. The first-order chi connectivity index (χ1) is 23.0. The number of amides is 1. The molecule has 0 bridgehead atoms. The molecule has 2 aromatic heterocycles. The van der Waals surface area contributed by atoms with Crippen LogP contribution in [0.15, 0.2) is 28.8 Å². The van der Waals surface area contributed by atoms with Gasteiger partial charge in [0.15, 0.2) is 0 Å². The number of piperidine rings is 1. The third-order valence-electron chi connectivity index (χ3n) is 8.75. The van der Waals surface area contributed by atoms with Crippen molar-refractivity contribution in [2.45, 2.75) is 109 Å². The lowest BCUT2D eigenvalue weighted by Gasteiger charge is -2.38. The minimum Gasteiger partial charge on any atom is -0.474 e. The standard InChI is InChI=1S/C34H42F3N7O5/c1-19(26-15-21(36)18-43(26)7)46-27-17-28(47-23-11-13-44(22(16-23)10-12-38)32(45)48-33(2,3)4)40-29(39-27)30-41-31(49-42-30)34(5,6)24-9-8-20(35)14-25(24)37/h8-9,14,17,19,21-23,26H,10-11,13,15-16,18H2,1-7H3/t19-,21+,22+,23-,26-/m0/s1. The molecule has 0 aliphatic carbocycles. The van der Waals surface area contributed by atoms with E-state index in [1.165, 1.54) is 12.1 Å². The normalized spacial score (nSPS) is 22.4. The average Bonchev–Trinajstić information content (AvgIpc) is 3.63. The highest BCUT2D eigenvalue weighted by Gasteiger charge is 2.37.